The number of anilines is 1. The average Bonchev–Trinajstić information content (AvgIpc) is 2.97. The summed E-state index contributed by atoms with van der Waals surface area (Å²) in [6, 6.07) is 34.1. The maximum atomic E-state index is 13.4. The van der Waals surface area contributed by atoms with Crippen LogP contribution < -0.4 is 15.5 Å². The van der Waals surface area contributed by atoms with E-state index in [2.05, 4.69) is 11.8 Å². The molecule has 4 rings (SSSR count). The molecular formula is C33H32BNO4. The molecule has 0 saturated heterocycles. The van der Waals surface area contributed by atoms with Crippen LogP contribution in [0.25, 0.3) is 0 Å². The predicted octanol–water partition coefficient (Wildman–Crippen LogP) is 5.46. The van der Waals surface area contributed by atoms with Crippen molar-refractivity contribution >= 4 is 36.2 Å². The molecule has 4 aromatic carbocycles. The van der Waals surface area contributed by atoms with Crippen LogP contribution in [0.3, 0.4) is 0 Å². The maximum absolute atomic E-state index is 13.4. The van der Waals surface area contributed by atoms with Crippen LogP contribution in [0.1, 0.15) is 18.1 Å². The first-order chi connectivity index (χ1) is 19.0. The molecule has 0 spiro atoms. The average molecular weight is 517 g/mol. The van der Waals surface area contributed by atoms with Crippen LogP contribution >= 0.6 is 0 Å². The first-order valence-electron chi connectivity index (χ1n) is 13.0. The van der Waals surface area contributed by atoms with Gasteiger partial charge in [0.2, 0.25) is 0 Å². The van der Waals surface area contributed by atoms with Crippen molar-refractivity contribution in [3.05, 3.63) is 120 Å². The number of hydrogen-bond donors (Lipinski definition) is 1. The van der Waals surface area contributed by atoms with E-state index in [1.165, 1.54) is 0 Å². The molecule has 0 aliphatic rings. The van der Waals surface area contributed by atoms with Gasteiger partial charge in [-0.25, -0.2) is 0 Å². The van der Waals surface area contributed by atoms with Crippen molar-refractivity contribution in [2.45, 2.75) is 20.0 Å². The molecule has 0 heterocycles. The number of ketones is 1. The number of Topliss-reactive ketones (excluding diaryl/α,β-unsaturated/α-hetero) is 1. The number of amides is 1. The van der Waals surface area contributed by atoms with Gasteiger partial charge >= 0.3 is 166 Å². The number of carbonyl (C=O) groups is 2. The Morgan fingerprint density at radius 1 is 0.821 bits per heavy atom. The Hall–Kier alpha value is -4.29. The molecule has 0 radical (unpaired) electrons. The molecule has 0 fully saturated rings. The molecule has 0 aliphatic heterocycles. The number of rotatable bonds is 13. The molecule has 1 N–H and O–H groups in total. The summed E-state index contributed by atoms with van der Waals surface area (Å²) in [5.74, 6) is -0.104. The van der Waals surface area contributed by atoms with Crippen LogP contribution in [0.5, 0.6) is 11.5 Å². The number of carbonyl (C=O) groups excluding carboxylic acids is 2. The normalized spacial score (nSPS) is 12.1. The summed E-state index contributed by atoms with van der Waals surface area (Å²) in [6.45, 7) is 7.83. The predicted molar refractivity (Wildman–Crippen MR) is 158 cm³/mol. The van der Waals surface area contributed by atoms with Gasteiger partial charge in [-0.15, -0.1) is 0 Å². The fourth-order valence-corrected chi connectivity index (χ4v) is 4.21. The van der Waals surface area contributed by atoms with Gasteiger partial charge in [0.15, 0.2) is 0 Å². The minimum atomic E-state index is -0.663. The number of benzene rings is 4. The quantitative estimate of drug-likeness (QED) is 0.239. The van der Waals surface area contributed by atoms with Gasteiger partial charge in [0.25, 0.3) is 0 Å². The summed E-state index contributed by atoms with van der Waals surface area (Å²) in [6.07, 6.45) is 0.233. The third kappa shape index (κ3) is 8.35. The third-order valence-corrected chi connectivity index (χ3v) is 6.52. The van der Waals surface area contributed by atoms with E-state index in [0.29, 0.717) is 18.0 Å². The zero-order valence-corrected chi connectivity index (χ0v) is 22.1. The van der Waals surface area contributed by atoms with Gasteiger partial charge < -0.3 is 4.74 Å². The van der Waals surface area contributed by atoms with Crippen LogP contribution in [0.2, 0.25) is 0 Å². The first kappa shape index (κ1) is 27.7. The molecule has 5 nitrogen and oxygen atoms in total. The van der Waals surface area contributed by atoms with Crippen molar-refractivity contribution < 1.29 is 19.1 Å². The molecule has 4 aromatic rings. The Bertz CT molecular complexity index is 1370. The monoisotopic (exact) mass is 517 g/mol. The number of hydrogen-bond acceptors (Lipinski definition) is 4. The SMILES string of the molecule is C=Bc1cccc(CC(=O)C(C)C(COCc2ccccc2)C(=O)Nc2ccc(Oc3ccccc3)cc2)c1. The molecule has 6 heteroatoms. The molecule has 0 bridgehead atoms. The van der Waals surface area contributed by atoms with E-state index in [0.717, 1.165) is 22.3 Å². The van der Waals surface area contributed by atoms with Gasteiger partial charge in [-0.2, -0.15) is 0 Å². The summed E-state index contributed by atoms with van der Waals surface area (Å²) in [5, 5.41) is 2.96. The van der Waals surface area contributed by atoms with Gasteiger partial charge in [-0.1, -0.05) is 36.4 Å². The van der Waals surface area contributed by atoms with Crippen LogP contribution in [-0.4, -0.2) is 31.7 Å². The Kier molecular flexibility index (Phi) is 9.98. The summed E-state index contributed by atoms with van der Waals surface area (Å²) < 4.78 is 11.8. The minimum absolute atomic E-state index is 0.0220. The van der Waals surface area contributed by atoms with Gasteiger partial charge in [0.1, 0.15) is 11.5 Å². The van der Waals surface area contributed by atoms with E-state index >= 15 is 0 Å². The van der Waals surface area contributed by atoms with E-state index < -0.39 is 11.8 Å². The Morgan fingerprint density at radius 2 is 1.46 bits per heavy atom. The second-order valence-electron chi connectivity index (χ2n) is 9.42. The van der Waals surface area contributed by atoms with Gasteiger partial charge in [0.05, 0.1) is 0 Å². The van der Waals surface area contributed by atoms with Crippen molar-refractivity contribution in [2.75, 3.05) is 11.9 Å². The van der Waals surface area contributed by atoms with Crippen LogP contribution in [0, 0.1) is 11.8 Å². The second-order valence-corrected chi connectivity index (χ2v) is 9.42. The molecule has 0 saturated carbocycles. The fraction of sp³-hybridized carbons (Fsp3) is 0.182. The Labute approximate surface area is 230 Å². The molecule has 0 aliphatic carbocycles. The summed E-state index contributed by atoms with van der Waals surface area (Å²) >= 11 is 0. The van der Waals surface area contributed by atoms with E-state index in [-0.39, 0.29) is 24.7 Å². The van der Waals surface area contributed by atoms with E-state index in [4.69, 9.17) is 9.47 Å². The van der Waals surface area contributed by atoms with E-state index in [1.54, 1.807) is 38.1 Å². The number of ether oxygens (including phenoxy) is 2. The summed E-state index contributed by atoms with van der Waals surface area (Å²) in [4.78, 5) is 26.7. The molecule has 2 unspecified atom stereocenters. The van der Waals surface area contributed by atoms with Gasteiger partial charge in [-0.05, 0) is 12.1 Å². The third-order valence-electron chi connectivity index (χ3n) is 6.52. The van der Waals surface area contributed by atoms with E-state index in [1.807, 2.05) is 84.9 Å². The van der Waals surface area contributed by atoms with Crippen LogP contribution in [-0.2, 0) is 27.4 Å². The number of nitrogens with one attached hydrogen (secondary N) is 1. The molecule has 196 valence electrons. The fourth-order valence-electron chi connectivity index (χ4n) is 4.21. The molecule has 2 atom stereocenters. The number of para-hydroxylation sites is 1. The van der Waals surface area contributed by atoms with Crippen molar-refractivity contribution in [3.8, 4) is 11.5 Å². The van der Waals surface area contributed by atoms with E-state index in [9.17, 15) is 9.59 Å². The van der Waals surface area contributed by atoms with Gasteiger partial charge in [0, 0.05) is 0 Å². The molecule has 39 heavy (non-hydrogen) atoms. The van der Waals surface area contributed by atoms with Crippen molar-refractivity contribution in [2.24, 2.45) is 11.8 Å². The summed E-state index contributed by atoms with van der Waals surface area (Å²) in [5.41, 5.74) is 3.47. The zero-order valence-electron chi connectivity index (χ0n) is 22.1. The Morgan fingerprint density at radius 3 is 2.15 bits per heavy atom. The van der Waals surface area contributed by atoms with Crippen molar-refractivity contribution in [3.63, 3.8) is 0 Å². The molecular weight excluding hydrogens is 485 g/mol. The van der Waals surface area contributed by atoms with Gasteiger partial charge in [-0.3, -0.25) is 0 Å². The molecule has 0 aromatic heterocycles. The first-order valence-corrected chi connectivity index (χ1v) is 13.0. The second kappa shape index (κ2) is 14.0. The summed E-state index contributed by atoms with van der Waals surface area (Å²) in [7, 11) is 0. The van der Waals surface area contributed by atoms with Crippen LogP contribution in [0.15, 0.2) is 109 Å². The van der Waals surface area contributed by atoms with Crippen molar-refractivity contribution in [1.29, 1.82) is 0 Å². The molecule has 1 amide bonds. The zero-order chi connectivity index (χ0) is 27.5. The Balaban J connectivity index is 1.43. The standard InChI is InChI=1S/C33H32BNO4/c1-24(32(36)21-26-12-9-13-27(20-26)34-2)31(23-38-22-25-10-5-3-6-11-25)33(37)35-28-16-18-30(19-17-28)39-29-14-7-4-8-15-29/h3-20,24,31H,2,21-23H2,1H3,(H,35,37). The topological polar surface area (TPSA) is 64.6 Å². The van der Waals surface area contributed by atoms with Crippen molar-refractivity contribution in [1.82, 2.24) is 0 Å². The van der Waals surface area contributed by atoms with Crippen LogP contribution in [0.4, 0.5) is 5.69 Å².